The molecule has 0 amide bonds. The Balaban J connectivity index is 1.60. The Morgan fingerprint density at radius 3 is 2.52 bits per heavy atom. The van der Waals surface area contributed by atoms with Gasteiger partial charge >= 0.3 is 0 Å². The van der Waals surface area contributed by atoms with E-state index >= 15 is 0 Å². The maximum Gasteiger partial charge on any atom is 0.140 e. The zero-order valence-corrected chi connectivity index (χ0v) is 13.0. The fourth-order valence-corrected chi connectivity index (χ4v) is 3.34. The summed E-state index contributed by atoms with van der Waals surface area (Å²) in [6, 6.07) is 2.50. The molecule has 2 aliphatic rings. The van der Waals surface area contributed by atoms with Crippen molar-refractivity contribution < 1.29 is 4.74 Å². The molecule has 0 unspecified atom stereocenters. The molecule has 4 heteroatoms. The van der Waals surface area contributed by atoms with Crippen molar-refractivity contribution in [2.75, 3.05) is 18.0 Å². The quantitative estimate of drug-likeness (QED) is 0.929. The first-order valence-electron chi connectivity index (χ1n) is 8.33. The number of nitrogens with zero attached hydrogens (tertiary/aromatic N) is 2. The van der Waals surface area contributed by atoms with Gasteiger partial charge in [-0.25, -0.2) is 0 Å². The lowest BCUT2D eigenvalue weighted by Crippen LogP contribution is -2.39. The van der Waals surface area contributed by atoms with Gasteiger partial charge in [-0.3, -0.25) is 4.98 Å². The summed E-state index contributed by atoms with van der Waals surface area (Å²) in [5.74, 6) is 1.77. The van der Waals surface area contributed by atoms with Crippen LogP contribution >= 0.6 is 0 Å². The number of hydrogen-bond acceptors (Lipinski definition) is 4. The minimum Gasteiger partial charge on any atom is -0.489 e. The molecule has 1 aliphatic carbocycles. The van der Waals surface area contributed by atoms with Gasteiger partial charge in [0.2, 0.25) is 0 Å². The zero-order chi connectivity index (χ0) is 14.7. The molecular formula is C17H27N3O. The molecule has 1 aromatic rings. The minimum absolute atomic E-state index is 0.359. The molecule has 1 aromatic heterocycles. The molecule has 1 saturated heterocycles. The van der Waals surface area contributed by atoms with E-state index in [0.717, 1.165) is 37.6 Å². The van der Waals surface area contributed by atoms with Gasteiger partial charge < -0.3 is 15.4 Å². The van der Waals surface area contributed by atoms with E-state index in [1.807, 2.05) is 12.4 Å². The molecule has 0 aromatic carbocycles. The first kappa shape index (κ1) is 14.6. The molecule has 2 heterocycles. The Morgan fingerprint density at radius 2 is 1.81 bits per heavy atom. The summed E-state index contributed by atoms with van der Waals surface area (Å²) in [7, 11) is 0. The van der Waals surface area contributed by atoms with Crippen LogP contribution in [0, 0.1) is 5.92 Å². The van der Waals surface area contributed by atoms with Crippen LogP contribution < -0.4 is 15.4 Å². The number of nitrogens with two attached hydrogens (primary N) is 1. The van der Waals surface area contributed by atoms with Crippen molar-refractivity contribution in [1.29, 1.82) is 0 Å². The predicted octanol–water partition coefficient (Wildman–Crippen LogP) is 2.97. The third-order valence-electron chi connectivity index (χ3n) is 4.87. The van der Waals surface area contributed by atoms with E-state index in [1.54, 1.807) is 0 Å². The van der Waals surface area contributed by atoms with E-state index in [-0.39, 0.29) is 0 Å². The SMILES string of the molecule is CC1CCC(Oc2cncc(N3CCC(N)CC3)c2)CC1. The van der Waals surface area contributed by atoms with E-state index in [4.69, 9.17) is 10.5 Å². The van der Waals surface area contributed by atoms with Gasteiger partial charge in [0.15, 0.2) is 0 Å². The average Bonchev–Trinajstić information content (AvgIpc) is 2.51. The Hall–Kier alpha value is -1.29. The van der Waals surface area contributed by atoms with Crippen LogP contribution in [0.5, 0.6) is 5.75 Å². The monoisotopic (exact) mass is 289 g/mol. The highest BCUT2D eigenvalue weighted by Gasteiger charge is 2.21. The lowest BCUT2D eigenvalue weighted by molar-refractivity contribution is 0.135. The Labute approximate surface area is 127 Å². The second kappa shape index (κ2) is 6.65. The van der Waals surface area contributed by atoms with Crippen LogP contribution in [0.2, 0.25) is 0 Å². The van der Waals surface area contributed by atoms with E-state index in [0.29, 0.717) is 12.1 Å². The number of aromatic nitrogens is 1. The number of pyridine rings is 1. The van der Waals surface area contributed by atoms with E-state index in [9.17, 15) is 0 Å². The van der Waals surface area contributed by atoms with Crippen LogP contribution in [0.25, 0.3) is 0 Å². The van der Waals surface area contributed by atoms with Crippen molar-refractivity contribution >= 4 is 5.69 Å². The van der Waals surface area contributed by atoms with Gasteiger partial charge in [0.05, 0.1) is 24.2 Å². The summed E-state index contributed by atoms with van der Waals surface area (Å²) >= 11 is 0. The molecular weight excluding hydrogens is 262 g/mol. The van der Waals surface area contributed by atoms with Crippen molar-refractivity contribution in [2.45, 2.75) is 57.6 Å². The van der Waals surface area contributed by atoms with E-state index < -0.39 is 0 Å². The van der Waals surface area contributed by atoms with E-state index in [2.05, 4.69) is 22.9 Å². The lowest BCUT2D eigenvalue weighted by atomic mass is 9.89. The molecule has 0 bridgehead atoms. The van der Waals surface area contributed by atoms with Gasteiger partial charge in [0, 0.05) is 25.2 Å². The largest absolute Gasteiger partial charge is 0.489 e. The second-order valence-electron chi connectivity index (χ2n) is 6.70. The summed E-state index contributed by atoms with van der Waals surface area (Å²) in [5, 5.41) is 0. The van der Waals surface area contributed by atoms with Gasteiger partial charge in [0.25, 0.3) is 0 Å². The molecule has 4 nitrogen and oxygen atoms in total. The maximum atomic E-state index is 6.14. The topological polar surface area (TPSA) is 51.4 Å². The number of piperidine rings is 1. The maximum absolute atomic E-state index is 6.14. The fraction of sp³-hybridized carbons (Fsp3) is 0.706. The van der Waals surface area contributed by atoms with Crippen molar-refractivity contribution in [1.82, 2.24) is 4.98 Å². The van der Waals surface area contributed by atoms with Gasteiger partial charge in [-0.2, -0.15) is 0 Å². The first-order valence-corrected chi connectivity index (χ1v) is 8.33. The van der Waals surface area contributed by atoms with Gasteiger partial charge in [0.1, 0.15) is 5.75 Å². The Morgan fingerprint density at radius 1 is 1.10 bits per heavy atom. The molecule has 0 radical (unpaired) electrons. The number of rotatable bonds is 3. The summed E-state index contributed by atoms with van der Waals surface area (Å²) in [6.07, 6.45) is 11.2. The van der Waals surface area contributed by atoms with Crippen molar-refractivity contribution in [3.05, 3.63) is 18.5 Å². The molecule has 3 rings (SSSR count). The van der Waals surface area contributed by atoms with Crippen LogP contribution in [-0.4, -0.2) is 30.2 Å². The number of anilines is 1. The molecule has 116 valence electrons. The third kappa shape index (κ3) is 3.88. The van der Waals surface area contributed by atoms with Crippen LogP contribution in [-0.2, 0) is 0 Å². The minimum atomic E-state index is 0.359. The fourth-order valence-electron chi connectivity index (χ4n) is 3.34. The highest BCUT2D eigenvalue weighted by Crippen LogP contribution is 2.29. The molecule has 21 heavy (non-hydrogen) atoms. The van der Waals surface area contributed by atoms with Gasteiger partial charge in [-0.05, 0) is 44.4 Å². The molecule has 0 atom stereocenters. The van der Waals surface area contributed by atoms with Crippen molar-refractivity contribution in [3.8, 4) is 5.75 Å². The molecule has 1 aliphatic heterocycles. The second-order valence-corrected chi connectivity index (χ2v) is 6.70. The lowest BCUT2D eigenvalue weighted by Gasteiger charge is -2.32. The first-order chi connectivity index (χ1) is 10.2. The van der Waals surface area contributed by atoms with Crippen LogP contribution in [0.1, 0.15) is 45.4 Å². The summed E-state index contributed by atoms with van der Waals surface area (Å²) < 4.78 is 6.14. The molecule has 1 saturated carbocycles. The van der Waals surface area contributed by atoms with Crippen molar-refractivity contribution in [2.24, 2.45) is 11.7 Å². The third-order valence-corrected chi connectivity index (χ3v) is 4.87. The highest BCUT2D eigenvalue weighted by atomic mass is 16.5. The summed E-state index contributed by atoms with van der Waals surface area (Å²) in [5.41, 5.74) is 7.14. The highest BCUT2D eigenvalue weighted by molar-refractivity contribution is 5.48. The Kier molecular flexibility index (Phi) is 4.63. The standard InChI is InChI=1S/C17H27N3O/c1-13-2-4-16(5-3-13)21-17-10-15(11-19-12-17)20-8-6-14(18)7-9-20/h10-14,16H,2-9,18H2,1H3. The predicted molar refractivity (Wildman–Crippen MR) is 85.7 cm³/mol. The number of ether oxygens (including phenoxy) is 1. The average molecular weight is 289 g/mol. The van der Waals surface area contributed by atoms with Crippen molar-refractivity contribution in [3.63, 3.8) is 0 Å². The summed E-state index contributed by atoms with van der Waals surface area (Å²) in [4.78, 5) is 6.73. The summed E-state index contributed by atoms with van der Waals surface area (Å²) in [6.45, 7) is 4.37. The smallest absolute Gasteiger partial charge is 0.140 e. The Bertz CT molecular complexity index is 449. The normalized spacial score (nSPS) is 27.6. The molecule has 0 spiro atoms. The van der Waals surface area contributed by atoms with Crippen LogP contribution in [0.3, 0.4) is 0 Å². The number of hydrogen-bond donors (Lipinski definition) is 1. The van der Waals surface area contributed by atoms with Gasteiger partial charge in [-0.15, -0.1) is 0 Å². The van der Waals surface area contributed by atoms with Gasteiger partial charge in [-0.1, -0.05) is 6.92 Å². The molecule has 2 fully saturated rings. The zero-order valence-electron chi connectivity index (χ0n) is 13.0. The van der Waals surface area contributed by atoms with Crippen LogP contribution in [0.15, 0.2) is 18.5 Å². The van der Waals surface area contributed by atoms with E-state index in [1.165, 1.54) is 31.4 Å². The molecule has 2 N–H and O–H groups in total. The van der Waals surface area contributed by atoms with Crippen LogP contribution in [0.4, 0.5) is 5.69 Å².